The molecule has 0 aliphatic heterocycles. The van der Waals surface area contributed by atoms with Gasteiger partial charge in [-0.25, -0.2) is 0 Å². The second-order valence-corrected chi connectivity index (χ2v) is 5.61. The number of aliphatic hydroxyl groups is 1. The fraction of sp³-hybridized carbons (Fsp3) is 0.615. The van der Waals surface area contributed by atoms with E-state index < -0.39 is 0 Å². The molecule has 112 valence electrons. The van der Waals surface area contributed by atoms with Crippen molar-refractivity contribution in [1.82, 2.24) is 10.2 Å². The summed E-state index contributed by atoms with van der Waals surface area (Å²) < 4.78 is 0. The topological polar surface area (TPSA) is 105 Å². The fourth-order valence-corrected chi connectivity index (χ4v) is 2.86. The zero-order valence-electron chi connectivity index (χ0n) is 12.1. The molecule has 1 aromatic heterocycles. The normalized spacial score (nSPS) is 13.5. The lowest BCUT2D eigenvalue weighted by molar-refractivity contribution is 0.250. The van der Waals surface area contributed by atoms with Crippen LogP contribution in [0.2, 0.25) is 0 Å². The lowest BCUT2D eigenvalue weighted by Crippen LogP contribution is -2.20. The molecule has 1 aromatic rings. The van der Waals surface area contributed by atoms with Gasteiger partial charge in [-0.3, -0.25) is 0 Å². The van der Waals surface area contributed by atoms with Crippen LogP contribution in [0, 0.1) is 5.92 Å². The first kappa shape index (κ1) is 16.7. The molecule has 0 aliphatic carbocycles. The van der Waals surface area contributed by atoms with Crippen molar-refractivity contribution >= 4 is 17.6 Å². The van der Waals surface area contributed by atoms with E-state index in [1.54, 1.807) is 0 Å². The Bertz CT molecular complexity index is 480. The number of hydrogen-bond donors (Lipinski definition) is 3. The summed E-state index contributed by atoms with van der Waals surface area (Å²) in [6.07, 6.45) is 1.49. The molecule has 1 heterocycles. The molecule has 0 saturated carbocycles. The third kappa shape index (κ3) is 3.83. The average Bonchev–Trinajstić information content (AvgIpc) is 2.50. The van der Waals surface area contributed by atoms with Crippen LogP contribution in [0.25, 0.3) is 0 Å². The Morgan fingerprint density at radius 1 is 1.35 bits per heavy atom. The Kier molecular flexibility index (Phi) is 6.74. The van der Waals surface area contributed by atoms with Crippen molar-refractivity contribution in [1.29, 1.82) is 0 Å². The van der Waals surface area contributed by atoms with Crippen molar-refractivity contribution < 1.29 is 10.3 Å². The summed E-state index contributed by atoms with van der Waals surface area (Å²) in [4.78, 5) is 0. The van der Waals surface area contributed by atoms with E-state index in [2.05, 4.69) is 15.4 Å². The average molecular weight is 298 g/mol. The van der Waals surface area contributed by atoms with Crippen molar-refractivity contribution in [3.63, 3.8) is 0 Å². The summed E-state index contributed by atoms with van der Waals surface area (Å²) in [7, 11) is 0. The maximum atomic E-state index is 9.08. The number of aliphatic hydroxyl groups excluding tert-OH is 1. The van der Waals surface area contributed by atoms with Crippen LogP contribution in [0.5, 0.6) is 0 Å². The van der Waals surface area contributed by atoms with Gasteiger partial charge >= 0.3 is 0 Å². The Morgan fingerprint density at radius 3 is 2.55 bits per heavy atom. The third-order valence-electron chi connectivity index (χ3n) is 2.99. The van der Waals surface area contributed by atoms with E-state index in [1.807, 2.05) is 20.8 Å². The first-order chi connectivity index (χ1) is 9.58. The van der Waals surface area contributed by atoms with Gasteiger partial charge in [0.2, 0.25) is 0 Å². The maximum absolute atomic E-state index is 9.08. The minimum absolute atomic E-state index is 0.0607. The molecule has 0 spiro atoms. The Labute approximate surface area is 123 Å². The second kappa shape index (κ2) is 8.06. The Morgan fingerprint density at radius 2 is 2.05 bits per heavy atom. The van der Waals surface area contributed by atoms with Crippen LogP contribution in [0.3, 0.4) is 0 Å². The SMILES string of the molecule is CCc1nnc(SCC(C)CO)c(C(N)=NO)c1CC. The molecule has 1 unspecified atom stereocenters. The number of rotatable bonds is 7. The number of aromatic nitrogens is 2. The molecule has 0 aliphatic rings. The van der Waals surface area contributed by atoms with Gasteiger partial charge in [0.15, 0.2) is 5.84 Å². The van der Waals surface area contributed by atoms with E-state index >= 15 is 0 Å². The van der Waals surface area contributed by atoms with Crippen molar-refractivity contribution in [2.24, 2.45) is 16.8 Å². The number of nitrogens with two attached hydrogens (primary N) is 1. The summed E-state index contributed by atoms with van der Waals surface area (Å²) in [6.45, 7) is 6.08. The van der Waals surface area contributed by atoms with Crippen molar-refractivity contribution in [2.75, 3.05) is 12.4 Å². The van der Waals surface area contributed by atoms with Gasteiger partial charge in [-0.2, -0.15) is 5.10 Å². The molecule has 6 nitrogen and oxygen atoms in total. The molecule has 0 amide bonds. The lowest BCUT2D eigenvalue weighted by Gasteiger charge is -2.15. The number of thioether (sulfide) groups is 1. The molecule has 0 bridgehead atoms. The molecule has 1 rings (SSSR count). The smallest absolute Gasteiger partial charge is 0.173 e. The lowest BCUT2D eigenvalue weighted by atomic mass is 10.0. The number of aryl methyl sites for hydroxylation is 1. The largest absolute Gasteiger partial charge is 0.409 e. The number of nitrogens with zero attached hydrogens (tertiary/aromatic N) is 3. The van der Waals surface area contributed by atoms with Crippen LogP contribution >= 0.6 is 11.8 Å². The van der Waals surface area contributed by atoms with Crippen LogP contribution in [-0.2, 0) is 12.8 Å². The highest BCUT2D eigenvalue weighted by molar-refractivity contribution is 7.99. The molecule has 0 aromatic carbocycles. The fourth-order valence-electron chi connectivity index (χ4n) is 1.84. The predicted octanol–water partition coefficient (Wildman–Crippen LogP) is 1.42. The zero-order valence-corrected chi connectivity index (χ0v) is 12.9. The molecule has 0 radical (unpaired) electrons. The van der Waals surface area contributed by atoms with Gasteiger partial charge in [0.1, 0.15) is 5.03 Å². The Hall–Kier alpha value is -1.34. The van der Waals surface area contributed by atoms with Gasteiger partial charge < -0.3 is 16.0 Å². The summed E-state index contributed by atoms with van der Waals surface area (Å²) in [5.74, 6) is 0.911. The van der Waals surface area contributed by atoms with Gasteiger partial charge in [-0.1, -0.05) is 25.9 Å². The van der Waals surface area contributed by atoms with Gasteiger partial charge in [0, 0.05) is 12.4 Å². The van der Waals surface area contributed by atoms with Crippen LogP contribution in [0.15, 0.2) is 10.2 Å². The summed E-state index contributed by atoms with van der Waals surface area (Å²) in [6, 6.07) is 0. The highest BCUT2D eigenvalue weighted by Crippen LogP contribution is 2.26. The summed E-state index contributed by atoms with van der Waals surface area (Å²) in [5.41, 5.74) is 8.31. The quantitative estimate of drug-likeness (QED) is 0.231. The minimum Gasteiger partial charge on any atom is -0.409 e. The highest BCUT2D eigenvalue weighted by Gasteiger charge is 2.19. The second-order valence-electron chi connectivity index (χ2n) is 4.60. The van der Waals surface area contributed by atoms with Crippen molar-refractivity contribution in [3.05, 3.63) is 16.8 Å². The van der Waals surface area contributed by atoms with Crippen LogP contribution < -0.4 is 5.73 Å². The van der Waals surface area contributed by atoms with Crippen LogP contribution in [0.4, 0.5) is 0 Å². The van der Waals surface area contributed by atoms with E-state index in [-0.39, 0.29) is 18.4 Å². The minimum atomic E-state index is 0.0607. The highest BCUT2D eigenvalue weighted by atomic mass is 32.2. The standard InChI is InChI=1S/C13H22N4O2S/c1-4-9-10(5-2)15-16-13(11(9)12(14)17-19)20-7-8(3)6-18/h8,18-19H,4-7H2,1-3H3,(H2,14,17). The van der Waals surface area contributed by atoms with Gasteiger partial charge in [-0.05, 0) is 24.3 Å². The number of hydrogen-bond acceptors (Lipinski definition) is 6. The zero-order chi connectivity index (χ0) is 15.1. The van der Waals surface area contributed by atoms with Crippen molar-refractivity contribution in [2.45, 2.75) is 38.6 Å². The van der Waals surface area contributed by atoms with E-state index in [0.717, 1.165) is 24.1 Å². The van der Waals surface area contributed by atoms with E-state index in [0.29, 0.717) is 16.3 Å². The molecule has 20 heavy (non-hydrogen) atoms. The molecule has 1 atom stereocenters. The summed E-state index contributed by atoms with van der Waals surface area (Å²) in [5, 5.41) is 30.2. The molecular weight excluding hydrogens is 276 g/mol. The van der Waals surface area contributed by atoms with E-state index in [1.165, 1.54) is 11.8 Å². The molecule has 0 saturated heterocycles. The van der Waals surface area contributed by atoms with Crippen LogP contribution in [-0.4, -0.2) is 38.7 Å². The van der Waals surface area contributed by atoms with Crippen molar-refractivity contribution in [3.8, 4) is 0 Å². The van der Waals surface area contributed by atoms with Gasteiger partial charge in [0.05, 0.1) is 11.3 Å². The molecular formula is C13H22N4O2S. The maximum Gasteiger partial charge on any atom is 0.173 e. The first-order valence-corrected chi connectivity index (χ1v) is 7.67. The number of amidine groups is 1. The number of oxime groups is 1. The molecule has 0 fully saturated rings. The van der Waals surface area contributed by atoms with E-state index in [4.69, 9.17) is 16.0 Å². The predicted molar refractivity (Wildman–Crippen MR) is 80.3 cm³/mol. The monoisotopic (exact) mass is 298 g/mol. The molecule has 7 heteroatoms. The van der Waals surface area contributed by atoms with Gasteiger partial charge in [-0.15, -0.1) is 16.9 Å². The van der Waals surface area contributed by atoms with E-state index in [9.17, 15) is 0 Å². The third-order valence-corrected chi connectivity index (χ3v) is 4.29. The Balaban J connectivity index is 3.22. The first-order valence-electron chi connectivity index (χ1n) is 6.68. The summed E-state index contributed by atoms with van der Waals surface area (Å²) >= 11 is 1.47. The van der Waals surface area contributed by atoms with Gasteiger partial charge in [0.25, 0.3) is 0 Å². The molecule has 4 N–H and O–H groups in total. The van der Waals surface area contributed by atoms with Crippen LogP contribution in [0.1, 0.15) is 37.6 Å².